The van der Waals surface area contributed by atoms with Crippen molar-refractivity contribution in [2.45, 2.75) is 13.0 Å². The zero-order chi connectivity index (χ0) is 20.1. The van der Waals surface area contributed by atoms with Gasteiger partial charge < -0.3 is 10.1 Å². The molecule has 0 saturated heterocycles. The predicted molar refractivity (Wildman–Crippen MR) is 109 cm³/mol. The second-order valence-corrected chi connectivity index (χ2v) is 7.24. The molecule has 5 nitrogen and oxygen atoms in total. The Bertz CT molecular complexity index is 1040. The molecule has 1 heterocycles. The number of rotatable bonds is 6. The number of ketones is 1. The van der Waals surface area contributed by atoms with Gasteiger partial charge in [-0.05, 0) is 66.9 Å². The molecule has 0 radical (unpaired) electrons. The highest BCUT2D eigenvalue weighted by atomic mass is 35.5. The van der Waals surface area contributed by atoms with E-state index in [1.54, 1.807) is 66.9 Å². The van der Waals surface area contributed by atoms with Crippen LogP contribution >= 0.6 is 22.9 Å². The number of nitriles is 1. The summed E-state index contributed by atoms with van der Waals surface area (Å²) >= 11 is 7.12. The van der Waals surface area contributed by atoms with Crippen LogP contribution < -0.4 is 10.1 Å². The van der Waals surface area contributed by atoms with Gasteiger partial charge in [0.25, 0.3) is 5.91 Å². The van der Waals surface area contributed by atoms with Gasteiger partial charge in [-0.1, -0.05) is 11.6 Å². The molecule has 0 spiro atoms. The molecule has 28 heavy (non-hydrogen) atoms. The fourth-order valence-corrected chi connectivity index (χ4v) is 3.28. The molecule has 0 saturated carbocycles. The first-order valence-corrected chi connectivity index (χ1v) is 9.59. The molecule has 3 aromatic rings. The molecule has 7 heteroatoms. The van der Waals surface area contributed by atoms with Crippen LogP contribution in [0.25, 0.3) is 0 Å². The summed E-state index contributed by atoms with van der Waals surface area (Å²) in [5, 5.41) is 14.5. The average Bonchev–Trinajstić information content (AvgIpc) is 3.15. The highest BCUT2D eigenvalue weighted by molar-refractivity contribution is 7.14. The van der Waals surface area contributed by atoms with Gasteiger partial charge in [0.05, 0.1) is 5.56 Å². The van der Waals surface area contributed by atoms with Crippen molar-refractivity contribution in [3.05, 3.63) is 81.7 Å². The van der Waals surface area contributed by atoms with Crippen LogP contribution in [0.1, 0.15) is 28.4 Å². The summed E-state index contributed by atoms with van der Waals surface area (Å²) < 4.78 is 5.64. The number of halogens is 1. The number of hydrogen-bond donors (Lipinski definition) is 1. The normalized spacial score (nSPS) is 11.3. The average molecular weight is 411 g/mol. The van der Waals surface area contributed by atoms with Crippen molar-refractivity contribution in [3.63, 3.8) is 0 Å². The number of nitrogens with one attached hydrogen (secondary N) is 1. The Kier molecular flexibility index (Phi) is 6.09. The third-order valence-corrected chi connectivity index (χ3v) is 5.01. The van der Waals surface area contributed by atoms with Crippen molar-refractivity contribution >= 4 is 39.6 Å². The minimum Gasteiger partial charge on any atom is -0.481 e. The maximum Gasteiger partial charge on any atom is 0.265 e. The highest BCUT2D eigenvalue weighted by Crippen LogP contribution is 2.23. The quantitative estimate of drug-likeness (QED) is 0.585. The van der Waals surface area contributed by atoms with Gasteiger partial charge in [0.15, 0.2) is 11.9 Å². The van der Waals surface area contributed by atoms with Crippen LogP contribution in [0.5, 0.6) is 5.75 Å². The zero-order valence-electron chi connectivity index (χ0n) is 14.8. The molecular formula is C21H15ClN2O3S. The van der Waals surface area contributed by atoms with E-state index in [-0.39, 0.29) is 11.7 Å². The van der Waals surface area contributed by atoms with Gasteiger partial charge in [0, 0.05) is 16.1 Å². The maximum atomic E-state index is 12.5. The molecule has 1 atom stereocenters. The monoisotopic (exact) mass is 410 g/mol. The second-order valence-electron chi connectivity index (χ2n) is 5.88. The van der Waals surface area contributed by atoms with Crippen molar-refractivity contribution in [1.29, 1.82) is 5.26 Å². The zero-order valence-corrected chi connectivity index (χ0v) is 16.4. The first-order chi connectivity index (χ1) is 13.5. The SMILES string of the molecule is C[C@@H](Oc1ccc(C(=O)c2ccc(Cl)cc2)cc1)C(=O)Nc1sccc1C#N. The molecule has 0 aliphatic carbocycles. The third kappa shape index (κ3) is 4.58. The smallest absolute Gasteiger partial charge is 0.265 e. The van der Waals surface area contributed by atoms with E-state index in [1.807, 2.05) is 6.07 Å². The lowest BCUT2D eigenvalue weighted by Crippen LogP contribution is -2.30. The Morgan fingerprint density at radius 2 is 1.68 bits per heavy atom. The number of thiophene rings is 1. The van der Waals surface area contributed by atoms with Crippen molar-refractivity contribution in [2.75, 3.05) is 5.32 Å². The van der Waals surface area contributed by atoms with Crippen LogP contribution in [0.2, 0.25) is 5.02 Å². The van der Waals surface area contributed by atoms with Gasteiger partial charge in [0.2, 0.25) is 0 Å². The van der Waals surface area contributed by atoms with Crippen molar-refractivity contribution in [2.24, 2.45) is 0 Å². The second kappa shape index (κ2) is 8.70. The molecule has 0 aliphatic rings. The minimum absolute atomic E-state index is 0.129. The first kappa shape index (κ1) is 19.6. The van der Waals surface area contributed by atoms with Gasteiger partial charge in [0.1, 0.15) is 16.8 Å². The fraction of sp³-hybridized carbons (Fsp3) is 0.0952. The Morgan fingerprint density at radius 1 is 1.07 bits per heavy atom. The van der Waals surface area contributed by atoms with Crippen LogP contribution in [0, 0.1) is 11.3 Å². The summed E-state index contributed by atoms with van der Waals surface area (Å²) in [4.78, 5) is 24.7. The Labute approximate surface area is 171 Å². The summed E-state index contributed by atoms with van der Waals surface area (Å²) in [5.74, 6) is -0.0296. The van der Waals surface area contributed by atoms with Crippen LogP contribution in [0.4, 0.5) is 5.00 Å². The van der Waals surface area contributed by atoms with Crippen LogP contribution in [0.15, 0.2) is 60.0 Å². The molecule has 3 rings (SSSR count). The number of anilines is 1. The lowest BCUT2D eigenvalue weighted by atomic mass is 10.0. The van der Waals surface area contributed by atoms with Crippen LogP contribution in [-0.4, -0.2) is 17.8 Å². The molecule has 1 aromatic heterocycles. The molecule has 0 bridgehead atoms. The number of nitrogens with zero attached hydrogens (tertiary/aromatic N) is 1. The minimum atomic E-state index is -0.772. The van der Waals surface area contributed by atoms with Gasteiger partial charge in [-0.25, -0.2) is 0 Å². The number of benzene rings is 2. The van der Waals surface area contributed by atoms with Gasteiger partial charge in [-0.3, -0.25) is 9.59 Å². The van der Waals surface area contributed by atoms with E-state index in [1.165, 1.54) is 11.3 Å². The number of ether oxygens (including phenoxy) is 1. The molecule has 140 valence electrons. The lowest BCUT2D eigenvalue weighted by molar-refractivity contribution is -0.122. The number of carbonyl (C=O) groups is 2. The van der Waals surface area contributed by atoms with E-state index in [0.29, 0.717) is 32.5 Å². The summed E-state index contributed by atoms with van der Waals surface area (Å²) in [6.45, 7) is 1.61. The van der Waals surface area contributed by atoms with Crippen LogP contribution in [-0.2, 0) is 4.79 Å². The van der Waals surface area contributed by atoms with E-state index in [2.05, 4.69) is 5.32 Å². The third-order valence-electron chi connectivity index (χ3n) is 3.93. The number of hydrogen-bond acceptors (Lipinski definition) is 5. The van der Waals surface area contributed by atoms with E-state index in [0.717, 1.165) is 0 Å². The number of amides is 1. The van der Waals surface area contributed by atoms with Crippen molar-refractivity contribution in [1.82, 2.24) is 0 Å². The molecule has 1 amide bonds. The Morgan fingerprint density at radius 3 is 2.29 bits per heavy atom. The molecule has 1 N–H and O–H groups in total. The van der Waals surface area contributed by atoms with Crippen molar-refractivity contribution < 1.29 is 14.3 Å². The highest BCUT2D eigenvalue weighted by Gasteiger charge is 2.17. The first-order valence-electron chi connectivity index (χ1n) is 8.33. The predicted octanol–water partition coefficient (Wildman–Crippen LogP) is 4.91. The maximum absolute atomic E-state index is 12.5. The Balaban J connectivity index is 1.63. The molecule has 0 fully saturated rings. The van der Waals surface area contributed by atoms with E-state index in [4.69, 9.17) is 21.6 Å². The summed E-state index contributed by atoms with van der Waals surface area (Å²) in [5.41, 5.74) is 1.45. The molecule has 0 unspecified atom stereocenters. The summed E-state index contributed by atoms with van der Waals surface area (Å²) in [7, 11) is 0. The topological polar surface area (TPSA) is 79.2 Å². The fourth-order valence-electron chi connectivity index (χ4n) is 2.42. The largest absolute Gasteiger partial charge is 0.481 e. The van der Waals surface area contributed by atoms with E-state index >= 15 is 0 Å². The standard InChI is InChI=1S/C21H15ClN2O3S/c1-13(20(26)24-21-16(12-23)10-11-28-21)27-18-8-4-15(5-9-18)19(25)14-2-6-17(22)7-3-14/h2-11,13H,1H3,(H,24,26)/t13-/m1/s1. The molecule has 2 aromatic carbocycles. The summed E-state index contributed by atoms with van der Waals surface area (Å²) in [6, 6.07) is 16.9. The van der Waals surface area contributed by atoms with E-state index < -0.39 is 6.10 Å². The van der Waals surface area contributed by atoms with Gasteiger partial charge in [-0.15, -0.1) is 11.3 Å². The lowest BCUT2D eigenvalue weighted by Gasteiger charge is -2.14. The summed E-state index contributed by atoms with van der Waals surface area (Å²) in [6.07, 6.45) is -0.772. The number of carbonyl (C=O) groups excluding carboxylic acids is 2. The van der Waals surface area contributed by atoms with E-state index in [9.17, 15) is 9.59 Å². The Hall–Kier alpha value is -3.14. The van der Waals surface area contributed by atoms with Gasteiger partial charge in [-0.2, -0.15) is 5.26 Å². The molecular weight excluding hydrogens is 396 g/mol. The van der Waals surface area contributed by atoms with Crippen molar-refractivity contribution in [3.8, 4) is 11.8 Å². The van der Waals surface area contributed by atoms with Gasteiger partial charge >= 0.3 is 0 Å². The van der Waals surface area contributed by atoms with Crippen LogP contribution in [0.3, 0.4) is 0 Å². The molecule has 0 aliphatic heterocycles.